The highest BCUT2D eigenvalue weighted by Gasteiger charge is 1.99. The van der Waals surface area contributed by atoms with E-state index in [0.29, 0.717) is 6.04 Å². The Bertz CT molecular complexity index is 328. The first-order valence-corrected chi connectivity index (χ1v) is 7.96. The zero-order chi connectivity index (χ0) is 17.1. The lowest BCUT2D eigenvalue weighted by Gasteiger charge is -2.09. The van der Waals surface area contributed by atoms with E-state index in [1.54, 1.807) is 0 Å². The van der Waals surface area contributed by atoms with Crippen molar-refractivity contribution in [1.82, 2.24) is 5.32 Å². The highest BCUT2D eigenvalue weighted by atomic mass is 16.1. The average Bonchev–Trinajstić information content (AvgIpc) is 2.54. The number of hydrogen-bond donors (Lipinski definition) is 1. The normalized spacial score (nSPS) is 10.1. The number of rotatable bonds is 4. The van der Waals surface area contributed by atoms with E-state index in [2.05, 4.69) is 48.7 Å². The van der Waals surface area contributed by atoms with Crippen molar-refractivity contribution in [2.45, 2.75) is 60.9 Å². The van der Waals surface area contributed by atoms with Crippen LogP contribution in [-0.2, 0) is 11.2 Å². The summed E-state index contributed by atoms with van der Waals surface area (Å²) in [4.78, 5) is 8.81. The van der Waals surface area contributed by atoms with Crippen LogP contribution in [0.25, 0.3) is 6.08 Å². The van der Waals surface area contributed by atoms with Gasteiger partial charge in [0, 0.05) is 6.04 Å². The number of carbonyl (C=O) groups is 1. The average molecular weight is 293 g/mol. The van der Waals surface area contributed by atoms with E-state index >= 15 is 0 Å². The molecule has 1 aromatic carbocycles. The van der Waals surface area contributed by atoms with Gasteiger partial charge >= 0.3 is 0 Å². The summed E-state index contributed by atoms with van der Waals surface area (Å²) in [5, 5.41) is 3.24. The van der Waals surface area contributed by atoms with E-state index in [-0.39, 0.29) is 0 Å². The van der Waals surface area contributed by atoms with E-state index in [0.717, 1.165) is 12.7 Å². The molecular weight excluding hydrogens is 258 g/mol. The lowest BCUT2D eigenvalue weighted by atomic mass is 10.1. The molecule has 1 unspecified atom stereocenters. The number of benzene rings is 1. The van der Waals surface area contributed by atoms with Gasteiger partial charge in [-0.3, -0.25) is 0 Å². The molecule has 0 saturated heterocycles. The zero-order valence-electron chi connectivity index (χ0n) is 15.2. The van der Waals surface area contributed by atoms with Gasteiger partial charge in [-0.25, -0.2) is 0 Å². The summed E-state index contributed by atoms with van der Waals surface area (Å²) >= 11 is 0. The largest absolute Gasteiger partial charge is 0.317 e. The zero-order valence-corrected chi connectivity index (χ0v) is 15.2. The van der Waals surface area contributed by atoms with Crippen molar-refractivity contribution in [3.05, 3.63) is 41.5 Å². The van der Waals surface area contributed by atoms with E-state index in [4.69, 9.17) is 4.79 Å². The lowest BCUT2D eigenvalue weighted by Crippen LogP contribution is -2.23. The monoisotopic (exact) mass is 293 g/mol. The fourth-order valence-corrected chi connectivity index (χ4v) is 1.41. The van der Waals surface area contributed by atoms with Crippen LogP contribution in [0.2, 0.25) is 0 Å². The molecule has 1 rings (SSSR count). The van der Waals surface area contributed by atoms with E-state index < -0.39 is 0 Å². The molecule has 0 heterocycles. The van der Waals surface area contributed by atoms with Crippen LogP contribution in [0.4, 0.5) is 0 Å². The SMILES string of the molecule is C/C=C/c1ccc(CC(C)NC)cc1.CC.CC.CC=O. The third-order valence-corrected chi connectivity index (χ3v) is 2.37. The van der Waals surface area contributed by atoms with Gasteiger partial charge in [-0.15, -0.1) is 0 Å². The van der Waals surface area contributed by atoms with Crippen molar-refractivity contribution in [2.24, 2.45) is 0 Å². The highest BCUT2D eigenvalue weighted by Crippen LogP contribution is 2.08. The first kappa shape index (κ1) is 24.6. The Morgan fingerprint density at radius 2 is 1.48 bits per heavy atom. The Kier molecular flexibility index (Phi) is 24.5. The summed E-state index contributed by atoms with van der Waals surface area (Å²) in [6.45, 7) is 13.7. The van der Waals surface area contributed by atoms with Gasteiger partial charge in [0.2, 0.25) is 0 Å². The van der Waals surface area contributed by atoms with Crippen molar-refractivity contribution in [2.75, 3.05) is 7.05 Å². The predicted molar refractivity (Wildman–Crippen MR) is 97.8 cm³/mol. The maximum absolute atomic E-state index is 8.81. The maximum Gasteiger partial charge on any atom is 0.116 e. The van der Waals surface area contributed by atoms with Crippen LogP contribution in [-0.4, -0.2) is 19.4 Å². The van der Waals surface area contributed by atoms with Crippen LogP contribution in [0.15, 0.2) is 30.3 Å². The molecule has 0 amide bonds. The molecule has 0 aliphatic heterocycles. The fraction of sp³-hybridized carbons (Fsp3) is 0.526. The molecule has 0 aliphatic carbocycles. The molecule has 0 spiro atoms. The summed E-state index contributed by atoms with van der Waals surface area (Å²) in [6, 6.07) is 9.27. The van der Waals surface area contributed by atoms with Crippen LogP contribution in [0.5, 0.6) is 0 Å². The molecule has 122 valence electrons. The van der Waals surface area contributed by atoms with E-state index in [9.17, 15) is 0 Å². The Labute approximate surface area is 132 Å². The Hall–Kier alpha value is -1.41. The van der Waals surface area contributed by atoms with Crippen molar-refractivity contribution in [3.63, 3.8) is 0 Å². The summed E-state index contributed by atoms with van der Waals surface area (Å²) in [5.74, 6) is 0. The van der Waals surface area contributed by atoms with Gasteiger partial charge in [0.15, 0.2) is 0 Å². The highest BCUT2D eigenvalue weighted by molar-refractivity contribution is 5.49. The Morgan fingerprint density at radius 1 is 1.05 bits per heavy atom. The van der Waals surface area contributed by atoms with Crippen LogP contribution in [0.3, 0.4) is 0 Å². The minimum Gasteiger partial charge on any atom is -0.317 e. The van der Waals surface area contributed by atoms with Crippen LogP contribution >= 0.6 is 0 Å². The molecule has 2 heteroatoms. The Balaban J connectivity index is -0.000000399. The van der Waals surface area contributed by atoms with Crippen LogP contribution in [0.1, 0.15) is 59.6 Å². The minimum absolute atomic E-state index is 0.544. The molecule has 0 bridgehead atoms. The molecular formula is C19H35NO. The first-order valence-electron chi connectivity index (χ1n) is 7.96. The number of nitrogens with one attached hydrogen (secondary N) is 1. The molecule has 0 radical (unpaired) electrons. The minimum atomic E-state index is 0.544. The topological polar surface area (TPSA) is 29.1 Å². The quantitative estimate of drug-likeness (QED) is 0.780. The molecule has 21 heavy (non-hydrogen) atoms. The van der Waals surface area contributed by atoms with Gasteiger partial charge in [0.1, 0.15) is 6.29 Å². The number of aldehydes is 1. The molecule has 0 fully saturated rings. The molecule has 1 atom stereocenters. The van der Waals surface area contributed by atoms with Crippen molar-refractivity contribution in [1.29, 1.82) is 0 Å². The third kappa shape index (κ3) is 16.5. The fourth-order valence-electron chi connectivity index (χ4n) is 1.41. The summed E-state index contributed by atoms with van der Waals surface area (Å²) in [7, 11) is 2.00. The molecule has 0 aromatic heterocycles. The molecule has 0 aliphatic rings. The molecule has 2 nitrogen and oxygen atoms in total. The van der Waals surface area contributed by atoms with Gasteiger partial charge in [-0.05, 0) is 45.4 Å². The number of carbonyl (C=O) groups excluding carboxylic acids is 1. The van der Waals surface area contributed by atoms with Gasteiger partial charge in [-0.1, -0.05) is 64.1 Å². The first-order chi connectivity index (χ1) is 10.2. The predicted octanol–water partition coefficient (Wildman–Crippen LogP) is 5.13. The van der Waals surface area contributed by atoms with Gasteiger partial charge < -0.3 is 10.1 Å². The maximum atomic E-state index is 8.81. The van der Waals surface area contributed by atoms with Crippen molar-refractivity contribution >= 4 is 12.4 Å². The molecule has 0 saturated carbocycles. The van der Waals surface area contributed by atoms with Gasteiger partial charge in [0.25, 0.3) is 0 Å². The van der Waals surface area contributed by atoms with Crippen LogP contribution in [0, 0.1) is 0 Å². The summed E-state index contributed by atoms with van der Waals surface area (Å²) in [5.41, 5.74) is 2.66. The number of allylic oxidation sites excluding steroid dienone is 1. The Morgan fingerprint density at radius 3 is 1.81 bits per heavy atom. The second-order valence-corrected chi connectivity index (χ2v) is 3.87. The van der Waals surface area contributed by atoms with Crippen LogP contribution < -0.4 is 5.32 Å². The standard InChI is InChI=1S/C13H19N.C2H4O.2C2H6/c1-4-5-12-6-8-13(9-7-12)10-11(2)14-3;1-2-3;2*1-2/h4-9,11,14H,10H2,1-3H3;2H,1H3;2*1-2H3/b5-4+;;;. The molecule has 1 N–H and O–H groups in total. The number of likely N-dealkylation sites (N-methyl/N-ethyl adjacent to an activating group) is 1. The third-order valence-electron chi connectivity index (χ3n) is 2.37. The lowest BCUT2D eigenvalue weighted by molar-refractivity contribution is -0.106. The van der Waals surface area contributed by atoms with Crippen molar-refractivity contribution < 1.29 is 4.79 Å². The summed E-state index contributed by atoms with van der Waals surface area (Å²) < 4.78 is 0. The summed E-state index contributed by atoms with van der Waals surface area (Å²) in [6.07, 6.45) is 6.02. The van der Waals surface area contributed by atoms with Gasteiger partial charge in [0.05, 0.1) is 0 Å². The van der Waals surface area contributed by atoms with Gasteiger partial charge in [-0.2, -0.15) is 0 Å². The second kappa shape index (κ2) is 20.9. The van der Waals surface area contributed by atoms with E-state index in [1.807, 2.05) is 41.7 Å². The molecule has 1 aromatic rings. The smallest absolute Gasteiger partial charge is 0.116 e. The number of hydrogen-bond acceptors (Lipinski definition) is 2. The van der Waals surface area contributed by atoms with E-state index in [1.165, 1.54) is 18.1 Å². The second-order valence-electron chi connectivity index (χ2n) is 3.87. The van der Waals surface area contributed by atoms with Crippen molar-refractivity contribution in [3.8, 4) is 0 Å².